The minimum atomic E-state index is -0.894. The second-order valence-corrected chi connectivity index (χ2v) is 10.5. The molecular formula is C27H25Cl2FN4O4. The molecule has 2 aromatic carbocycles. The maximum atomic E-state index is 14.8. The normalized spacial score (nSPS) is 14.9. The van der Waals surface area contributed by atoms with Gasteiger partial charge in [0.2, 0.25) is 5.88 Å². The van der Waals surface area contributed by atoms with Crippen molar-refractivity contribution in [1.82, 2.24) is 19.5 Å². The topological polar surface area (TPSA) is 99.4 Å². The van der Waals surface area contributed by atoms with Crippen LogP contribution in [0.4, 0.5) is 4.39 Å². The highest BCUT2D eigenvalue weighted by Crippen LogP contribution is 2.42. The fourth-order valence-electron chi connectivity index (χ4n) is 3.96. The molecule has 0 aliphatic heterocycles. The summed E-state index contributed by atoms with van der Waals surface area (Å²) >= 11 is 12.9. The quantitative estimate of drug-likeness (QED) is 0.240. The van der Waals surface area contributed by atoms with Crippen LogP contribution in [0.1, 0.15) is 38.7 Å². The first-order valence-corrected chi connectivity index (χ1v) is 12.9. The number of rotatable bonds is 10. The van der Waals surface area contributed by atoms with E-state index in [0.29, 0.717) is 51.2 Å². The van der Waals surface area contributed by atoms with Crippen LogP contribution in [0.15, 0.2) is 42.7 Å². The van der Waals surface area contributed by atoms with Gasteiger partial charge in [0.1, 0.15) is 29.3 Å². The number of carboxylic acid groups (broad SMARTS) is 1. The highest BCUT2D eigenvalue weighted by atomic mass is 35.5. The Morgan fingerprint density at radius 2 is 2.03 bits per heavy atom. The standard InChI is InChI=1S/C27H25Cl2FN4O4/c1-15(26(35)36)8-11-37-20-5-3-4-18(21(20)29)23-33-22-24(31-14-32-25(22)38-27(2)9-10-27)34(23)13-16-12-17(28)6-7-19(16)30/h3-7,12,14-15H,8-11,13H2,1-2H3,(H,35,36)/t15-/m1/s1. The third kappa shape index (κ3) is 5.39. The summed E-state index contributed by atoms with van der Waals surface area (Å²) in [5, 5.41) is 9.81. The summed E-state index contributed by atoms with van der Waals surface area (Å²) < 4.78 is 28.5. The van der Waals surface area contributed by atoms with E-state index >= 15 is 0 Å². The van der Waals surface area contributed by atoms with Gasteiger partial charge in [-0.25, -0.2) is 14.4 Å². The molecule has 38 heavy (non-hydrogen) atoms. The zero-order valence-corrected chi connectivity index (χ0v) is 22.3. The summed E-state index contributed by atoms with van der Waals surface area (Å²) in [6.45, 7) is 3.86. The van der Waals surface area contributed by atoms with E-state index in [9.17, 15) is 9.18 Å². The molecule has 198 valence electrons. The molecule has 4 aromatic rings. The molecule has 1 fully saturated rings. The van der Waals surface area contributed by atoms with Crippen LogP contribution in [0.2, 0.25) is 10.0 Å². The molecule has 1 N–H and O–H groups in total. The van der Waals surface area contributed by atoms with Gasteiger partial charge < -0.3 is 19.1 Å². The Balaban J connectivity index is 1.59. The lowest BCUT2D eigenvalue weighted by Gasteiger charge is -2.14. The van der Waals surface area contributed by atoms with Crippen molar-refractivity contribution in [2.45, 2.75) is 45.3 Å². The van der Waals surface area contributed by atoms with E-state index < -0.39 is 17.7 Å². The van der Waals surface area contributed by atoms with Gasteiger partial charge in [-0.1, -0.05) is 36.2 Å². The molecule has 5 rings (SSSR count). The Bertz CT molecular complexity index is 1520. The summed E-state index contributed by atoms with van der Waals surface area (Å²) in [5.41, 5.74) is 1.45. The van der Waals surface area contributed by atoms with E-state index in [4.69, 9.17) is 42.8 Å². The molecular weight excluding hydrogens is 534 g/mol. The SMILES string of the molecule is C[C@H](CCOc1cccc(-c2nc3c(OC4(C)CC4)ncnc3n2Cc2cc(Cl)ccc2F)c1Cl)C(=O)O. The van der Waals surface area contributed by atoms with Gasteiger partial charge in [0.15, 0.2) is 11.2 Å². The van der Waals surface area contributed by atoms with Crippen LogP contribution in [0, 0.1) is 11.7 Å². The molecule has 2 heterocycles. The first-order valence-electron chi connectivity index (χ1n) is 12.1. The maximum Gasteiger partial charge on any atom is 0.306 e. The van der Waals surface area contributed by atoms with Gasteiger partial charge in [0.05, 0.1) is 24.1 Å². The zero-order valence-electron chi connectivity index (χ0n) is 20.7. The molecule has 1 saturated carbocycles. The lowest BCUT2D eigenvalue weighted by Crippen LogP contribution is -2.13. The number of hydrogen-bond donors (Lipinski definition) is 1. The first kappa shape index (κ1) is 26.2. The number of halogens is 3. The number of carboxylic acids is 1. The van der Waals surface area contributed by atoms with Crippen molar-refractivity contribution in [2.75, 3.05) is 6.61 Å². The highest BCUT2D eigenvalue weighted by Gasteiger charge is 2.41. The van der Waals surface area contributed by atoms with Crippen molar-refractivity contribution in [3.05, 3.63) is 64.2 Å². The van der Waals surface area contributed by atoms with Crippen molar-refractivity contribution in [3.63, 3.8) is 0 Å². The summed E-state index contributed by atoms with van der Waals surface area (Å²) in [7, 11) is 0. The van der Waals surface area contributed by atoms with Crippen LogP contribution < -0.4 is 9.47 Å². The van der Waals surface area contributed by atoms with Crippen molar-refractivity contribution in [1.29, 1.82) is 0 Å². The summed E-state index contributed by atoms with van der Waals surface area (Å²) in [5.74, 6) is -0.738. The fourth-order valence-corrected chi connectivity index (χ4v) is 4.42. The molecule has 8 nitrogen and oxygen atoms in total. The van der Waals surface area contributed by atoms with Crippen LogP contribution in [-0.4, -0.2) is 42.8 Å². The van der Waals surface area contributed by atoms with E-state index in [1.807, 2.05) is 6.92 Å². The molecule has 1 aliphatic rings. The number of hydrogen-bond acceptors (Lipinski definition) is 6. The Morgan fingerprint density at radius 3 is 2.76 bits per heavy atom. The molecule has 1 aliphatic carbocycles. The van der Waals surface area contributed by atoms with Gasteiger partial charge in [-0.2, -0.15) is 4.98 Å². The van der Waals surface area contributed by atoms with Crippen LogP contribution in [-0.2, 0) is 11.3 Å². The first-order chi connectivity index (χ1) is 18.1. The van der Waals surface area contributed by atoms with E-state index in [-0.39, 0.29) is 23.8 Å². The summed E-state index contributed by atoms with van der Waals surface area (Å²) in [4.78, 5) is 24.7. The third-order valence-electron chi connectivity index (χ3n) is 6.57. The maximum absolute atomic E-state index is 14.8. The average Bonchev–Trinajstić information content (AvgIpc) is 3.49. The zero-order chi connectivity index (χ0) is 27.0. The van der Waals surface area contributed by atoms with Crippen molar-refractivity contribution in [2.24, 2.45) is 5.92 Å². The fraction of sp³-hybridized carbons (Fsp3) is 0.333. The summed E-state index contributed by atoms with van der Waals surface area (Å²) in [6, 6.07) is 9.59. The minimum absolute atomic E-state index is 0.0729. The Labute approximate surface area is 228 Å². The number of nitrogens with zero attached hydrogens (tertiary/aromatic N) is 4. The van der Waals surface area contributed by atoms with Crippen LogP contribution in [0.3, 0.4) is 0 Å². The van der Waals surface area contributed by atoms with E-state index in [2.05, 4.69) is 9.97 Å². The molecule has 0 spiro atoms. The molecule has 0 unspecified atom stereocenters. The number of ether oxygens (including phenoxy) is 2. The van der Waals surface area contributed by atoms with Gasteiger partial charge in [-0.3, -0.25) is 4.79 Å². The van der Waals surface area contributed by atoms with Gasteiger partial charge in [-0.05, 0) is 56.5 Å². The number of aromatic nitrogens is 4. The largest absolute Gasteiger partial charge is 0.492 e. The van der Waals surface area contributed by atoms with E-state index in [1.165, 1.54) is 18.5 Å². The molecule has 0 saturated heterocycles. The minimum Gasteiger partial charge on any atom is -0.492 e. The predicted molar refractivity (Wildman–Crippen MR) is 141 cm³/mol. The average molecular weight is 559 g/mol. The summed E-state index contributed by atoms with van der Waals surface area (Å²) in [6.07, 6.45) is 3.53. The van der Waals surface area contributed by atoms with E-state index in [0.717, 1.165) is 12.8 Å². The second kappa shape index (κ2) is 10.4. The third-order valence-corrected chi connectivity index (χ3v) is 7.19. The second-order valence-electron chi connectivity index (χ2n) is 9.65. The van der Waals surface area contributed by atoms with Crippen molar-refractivity contribution >= 4 is 40.3 Å². The molecule has 0 radical (unpaired) electrons. The molecule has 11 heteroatoms. The Kier molecular flexibility index (Phi) is 7.15. The lowest BCUT2D eigenvalue weighted by molar-refractivity contribution is -0.141. The number of benzene rings is 2. The number of aliphatic carboxylic acids is 1. The van der Waals surface area contributed by atoms with E-state index in [1.54, 1.807) is 35.8 Å². The van der Waals surface area contributed by atoms with Gasteiger partial charge >= 0.3 is 5.97 Å². The molecule has 0 bridgehead atoms. The number of imidazole rings is 1. The highest BCUT2D eigenvalue weighted by molar-refractivity contribution is 6.34. The van der Waals surface area contributed by atoms with Crippen LogP contribution >= 0.6 is 23.2 Å². The smallest absolute Gasteiger partial charge is 0.306 e. The van der Waals surface area contributed by atoms with Crippen LogP contribution in [0.25, 0.3) is 22.6 Å². The number of fused-ring (bicyclic) bond motifs is 1. The Hall–Kier alpha value is -3.43. The predicted octanol–water partition coefficient (Wildman–Crippen LogP) is 6.41. The molecule has 1 atom stereocenters. The van der Waals surface area contributed by atoms with Gasteiger partial charge in [-0.15, -0.1) is 0 Å². The lowest BCUT2D eigenvalue weighted by atomic mass is 10.1. The Morgan fingerprint density at radius 1 is 1.24 bits per heavy atom. The monoisotopic (exact) mass is 558 g/mol. The van der Waals surface area contributed by atoms with Crippen molar-refractivity contribution < 1.29 is 23.8 Å². The van der Waals surface area contributed by atoms with Gasteiger partial charge in [0.25, 0.3) is 0 Å². The molecule has 2 aromatic heterocycles. The van der Waals surface area contributed by atoms with Gasteiger partial charge in [0, 0.05) is 16.1 Å². The van der Waals surface area contributed by atoms with Crippen LogP contribution in [0.5, 0.6) is 11.6 Å². The van der Waals surface area contributed by atoms with Crippen molar-refractivity contribution in [3.8, 4) is 23.0 Å². The number of carbonyl (C=O) groups is 1. The molecule has 0 amide bonds.